The van der Waals surface area contributed by atoms with E-state index in [0.717, 1.165) is 22.9 Å². The van der Waals surface area contributed by atoms with Gasteiger partial charge in [0.05, 0.1) is 33.8 Å². The molecule has 0 atom stereocenters. The van der Waals surface area contributed by atoms with Crippen LogP contribution in [0.15, 0.2) is 50.8 Å². The van der Waals surface area contributed by atoms with Gasteiger partial charge in [-0.05, 0) is 89.9 Å². The summed E-state index contributed by atoms with van der Waals surface area (Å²) in [6.07, 6.45) is 3.78. The van der Waals surface area contributed by atoms with Crippen molar-refractivity contribution in [3.8, 4) is 11.5 Å². The van der Waals surface area contributed by atoms with Crippen LogP contribution in [0.2, 0.25) is 0 Å². The number of ether oxygens (including phenoxy) is 2. The standard InChI is InChI=1S/C25H27BrN2O5S/c1-4-7-11-33-22-19(26)12-16(13-20(22)32-6-3)14-21-23(29)28(5-2)25(34-21)27-18-10-8-9-17(15-18)24(30)31/h8-10,12-15H,4-7,11H2,1-3H3,(H,30,31)/b21-14+,27-25?. The van der Waals surface area contributed by atoms with E-state index in [1.54, 1.807) is 23.1 Å². The molecule has 1 fully saturated rings. The largest absolute Gasteiger partial charge is 0.490 e. The third kappa shape index (κ3) is 6.21. The minimum absolute atomic E-state index is 0.143. The molecule has 9 heteroatoms. The number of hydrogen-bond donors (Lipinski definition) is 1. The summed E-state index contributed by atoms with van der Waals surface area (Å²) in [5.41, 5.74) is 1.41. The zero-order valence-electron chi connectivity index (χ0n) is 19.3. The molecule has 0 saturated carbocycles. The van der Waals surface area contributed by atoms with Crippen molar-refractivity contribution in [2.24, 2.45) is 4.99 Å². The SMILES string of the molecule is CCCCOc1c(Br)cc(/C=C2/SC(=Nc3cccc(C(=O)O)c3)N(CC)C2=O)cc1OCC. The van der Waals surface area contributed by atoms with Gasteiger partial charge in [0.2, 0.25) is 0 Å². The van der Waals surface area contributed by atoms with Crippen molar-refractivity contribution in [1.29, 1.82) is 0 Å². The summed E-state index contributed by atoms with van der Waals surface area (Å²) in [7, 11) is 0. The van der Waals surface area contributed by atoms with E-state index in [4.69, 9.17) is 9.47 Å². The van der Waals surface area contributed by atoms with Gasteiger partial charge in [0.15, 0.2) is 16.7 Å². The number of thioether (sulfide) groups is 1. The number of unbranched alkanes of at least 4 members (excludes halogenated alkanes) is 1. The molecular formula is C25H27BrN2O5S. The second kappa shape index (κ2) is 12.1. The Labute approximate surface area is 212 Å². The number of nitrogens with zero attached hydrogens (tertiary/aromatic N) is 2. The van der Waals surface area contributed by atoms with E-state index in [1.165, 1.54) is 23.9 Å². The molecule has 1 heterocycles. The lowest BCUT2D eigenvalue weighted by Crippen LogP contribution is -2.28. The van der Waals surface area contributed by atoms with E-state index in [1.807, 2.05) is 26.0 Å². The van der Waals surface area contributed by atoms with E-state index < -0.39 is 5.97 Å². The van der Waals surface area contributed by atoms with Gasteiger partial charge in [-0.2, -0.15) is 0 Å². The normalized spacial score (nSPS) is 15.9. The number of halogens is 1. The second-order valence-corrected chi connectivity index (χ2v) is 9.24. The molecule has 2 aromatic carbocycles. The first kappa shape index (κ1) is 25.8. The fraction of sp³-hybridized carbons (Fsp3) is 0.320. The molecule has 7 nitrogen and oxygen atoms in total. The van der Waals surface area contributed by atoms with Gasteiger partial charge in [-0.3, -0.25) is 9.69 Å². The highest BCUT2D eigenvalue weighted by Gasteiger charge is 2.32. The Hall–Kier alpha value is -2.78. The van der Waals surface area contributed by atoms with Gasteiger partial charge in [0, 0.05) is 6.54 Å². The van der Waals surface area contributed by atoms with Crippen LogP contribution in [-0.2, 0) is 4.79 Å². The Morgan fingerprint density at radius 1 is 1.21 bits per heavy atom. The number of benzene rings is 2. The lowest BCUT2D eigenvalue weighted by atomic mass is 10.1. The molecule has 0 radical (unpaired) electrons. The van der Waals surface area contributed by atoms with Crippen molar-refractivity contribution < 1.29 is 24.2 Å². The number of rotatable bonds is 10. The van der Waals surface area contributed by atoms with Gasteiger partial charge < -0.3 is 14.6 Å². The summed E-state index contributed by atoms with van der Waals surface area (Å²) < 4.78 is 12.5. The van der Waals surface area contributed by atoms with E-state index in [9.17, 15) is 14.7 Å². The molecule has 0 bridgehead atoms. The highest BCUT2D eigenvalue weighted by Crippen LogP contribution is 2.40. The number of carboxylic acids is 1. The third-order valence-electron chi connectivity index (χ3n) is 4.90. The lowest BCUT2D eigenvalue weighted by molar-refractivity contribution is -0.122. The van der Waals surface area contributed by atoms with Crippen LogP contribution in [0, 0.1) is 0 Å². The summed E-state index contributed by atoms with van der Waals surface area (Å²) in [6, 6.07) is 10.1. The highest BCUT2D eigenvalue weighted by atomic mass is 79.9. The Balaban J connectivity index is 1.93. The van der Waals surface area contributed by atoms with Crippen molar-refractivity contribution in [3.63, 3.8) is 0 Å². The topological polar surface area (TPSA) is 88.4 Å². The first-order chi connectivity index (χ1) is 16.4. The third-order valence-corrected chi connectivity index (χ3v) is 6.49. The van der Waals surface area contributed by atoms with Crippen molar-refractivity contribution in [2.75, 3.05) is 19.8 Å². The predicted octanol–water partition coefficient (Wildman–Crippen LogP) is 6.35. The summed E-state index contributed by atoms with van der Waals surface area (Å²) >= 11 is 4.83. The maximum absolute atomic E-state index is 13.0. The van der Waals surface area contributed by atoms with Crippen LogP contribution in [-0.4, -0.2) is 46.8 Å². The van der Waals surface area contributed by atoms with Gasteiger partial charge in [0.1, 0.15) is 0 Å². The molecule has 1 aliphatic rings. The van der Waals surface area contributed by atoms with Crippen LogP contribution in [0.1, 0.15) is 49.5 Å². The molecule has 34 heavy (non-hydrogen) atoms. The molecule has 0 unspecified atom stereocenters. The first-order valence-corrected chi connectivity index (χ1v) is 12.7. The molecule has 0 spiro atoms. The Kier molecular flexibility index (Phi) is 9.18. The molecule has 1 N–H and O–H groups in total. The number of likely N-dealkylation sites (N-methyl/N-ethyl adjacent to an activating group) is 1. The van der Waals surface area contributed by atoms with Crippen LogP contribution in [0.5, 0.6) is 11.5 Å². The summed E-state index contributed by atoms with van der Waals surface area (Å²) in [6.45, 7) is 7.41. The quantitative estimate of drug-likeness (QED) is 0.276. The number of carbonyl (C=O) groups is 2. The van der Waals surface area contributed by atoms with E-state index >= 15 is 0 Å². The van der Waals surface area contributed by atoms with Crippen LogP contribution in [0.25, 0.3) is 6.08 Å². The molecule has 180 valence electrons. The maximum atomic E-state index is 13.0. The second-order valence-electron chi connectivity index (χ2n) is 7.37. The number of aliphatic imine (C=N–C) groups is 1. The fourth-order valence-electron chi connectivity index (χ4n) is 3.23. The van der Waals surface area contributed by atoms with Crippen LogP contribution in [0.3, 0.4) is 0 Å². The Bertz CT molecular complexity index is 1130. The van der Waals surface area contributed by atoms with Gasteiger partial charge in [-0.15, -0.1) is 0 Å². The molecule has 1 aliphatic heterocycles. The van der Waals surface area contributed by atoms with Crippen molar-refractivity contribution >= 4 is 56.5 Å². The zero-order valence-corrected chi connectivity index (χ0v) is 21.7. The lowest BCUT2D eigenvalue weighted by Gasteiger charge is -2.14. The number of aromatic carboxylic acids is 1. The van der Waals surface area contributed by atoms with E-state index in [-0.39, 0.29) is 11.5 Å². The molecule has 0 aromatic heterocycles. The first-order valence-electron chi connectivity index (χ1n) is 11.1. The van der Waals surface area contributed by atoms with Crippen molar-refractivity contribution in [3.05, 3.63) is 56.9 Å². The molecule has 0 aliphatic carbocycles. The van der Waals surface area contributed by atoms with E-state index in [0.29, 0.717) is 47.0 Å². The number of hydrogen-bond acceptors (Lipinski definition) is 6. The highest BCUT2D eigenvalue weighted by molar-refractivity contribution is 9.10. The summed E-state index contributed by atoms with van der Waals surface area (Å²) in [5.74, 6) is 0.0847. The number of carboxylic acid groups (broad SMARTS) is 1. The van der Waals surface area contributed by atoms with Crippen molar-refractivity contribution in [1.82, 2.24) is 4.90 Å². The van der Waals surface area contributed by atoms with Crippen LogP contribution >= 0.6 is 27.7 Å². The average molecular weight is 547 g/mol. The van der Waals surface area contributed by atoms with Crippen LogP contribution in [0.4, 0.5) is 5.69 Å². The molecule has 3 rings (SSSR count). The Morgan fingerprint density at radius 3 is 2.68 bits per heavy atom. The number of carbonyl (C=O) groups excluding carboxylic acids is 1. The summed E-state index contributed by atoms with van der Waals surface area (Å²) in [5, 5.41) is 9.73. The van der Waals surface area contributed by atoms with Crippen LogP contribution < -0.4 is 9.47 Å². The van der Waals surface area contributed by atoms with Gasteiger partial charge in [-0.1, -0.05) is 19.4 Å². The minimum atomic E-state index is -1.03. The molecule has 1 amide bonds. The zero-order chi connectivity index (χ0) is 24.7. The van der Waals surface area contributed by atoms with Gasteiger partial charge in [-0.25, -0.2) is 9.79 Å². The van der Waals surface area contributed by atoms with Gasteiger partial charge in [0.25, 0.3) is 5.91 Å². The predicted molar refractivity (Wildman–Crippen MR) is 139 cm³/mol. The van der Waals surface area contributed by atoms with Gasteiger partial charge >= 0.3 is 5.97 Å². The Morgan fingerprint density at radius 2 is 2.00 bits per heavy atom. The molecular weight excluding hydrogens is 520 g/mol. The average Bonchev–Trinajstić information content (AvgIpc) is 3.09. The number of amidine groups is 1. The smallest absolute Gasteiger partial charge is 0.335 e. The monoisotopic (exact) mass is 546 g/mol. The minimum Gasteiger partial charge on any atom is -0.490 e. The van der Waals surface area contributed by atoms with E-state index in [2.05, 4.69) is 27.8 Å². The molecule has 2 aromatic rings. The maximum Gasteiger partial charge on any atom is 0.335 e. The fourth-order valence-corrected chi connectivity index (χ4v) is 4.87. The number of amides is 1. The van der Waals surface area contributed by atoms with Crippen molar-refractivity contribution in [2.45, 2.75) is 33.6 Å². The summed E-state index contributed by atoms with van der Waals surface area (Å²) in [4.78, 5) is 30.9. The molecule has 1 saturated heterocycles.